The molecule has 2 aromatic rings. The lowest BCUT2D eigenvalue weighted by Crippen LogP contribution is -2.16. The van der Waals surface area contributed by atoms with Crippen molar-refractivity contribution in [2.75, 3.05) is 17.2 Å². The molecule has 1 aromatic carbocycles. The maximum Gasteiger partial charge on any atom is 0.276 e. The van der Waals surface area contributed by atoms with Crippen LogP contribution in [0, 0.1) is 5.82 Å². The summed E-state index contributed by atoms with van der Waals surface area (Å²) in [5.41, 5.74) is 0.218. The SMILES string of the molecule is CCCNc1cncc(C(=O)Nc2ccc(Br)cc2F)n1. The highest BCUT2D eigenvalue weighted by Gasteiger charge is 2.12. The molecule has 1 aromatic heterocycles. The molecule has 0 saturated carbocycles. The topological polar surface area (TPSA) is 66.9 Å². The standard InChI is InChI=1S/C14H14BrFN4O/c1-2-5-18-13-8-17-7-12(19-13)14(21)20-11-4-3-9(15)6-10(11)16/h3-4,6-8H,2,5H2,1H3,(H,18,19)(H,20,21). The Bertz CT molecular complexity index is 651. The maximum atomic E-state index is 13.7. The molecule has 7 heteroatoms. The number of hydrogen-bond acceptors (Lipinski definition) is 4. The minimum Gasteiger partial charge on any atom is -0.369 e. The van der Waals surface area contributed by atoms with Crippen molar-refractivity contribution in [3.05, 3.63) is 46.6 Å². The van der Waals surface area contributed by atoms with E-state index in [1.165, 1.54) is 24.5 Å². The first kappa shape index (κ1) is 15.4. The Labute approximate surface area is 130 Å². The highest BCUT2D eigenvalue weighted by Crippen LogP contribution is 2.19. The van der Waals surface area contributed by atoms with Crippen molar-refractivity contribution in [1.29, 1.82) is 0 Å². The van der Waals surface area contributed by atoms with Crippen LogP contribution in [0.5, 0.6) is 0 Å². The minimum atomic E-state index is -0.522. The minimum absolute atomic E-state index is 0.0944. The second-order valence-corrected chi connectivity index (χ2v) is 5.21. The molecule has 0 aliphatic heterocycles. The van der Waals surface area contributed by atoms with Gasteiger partial charge in [0, 0.05) is 11.0 Å². The number of nitrogens with zero attached hydrogens (tertiary/aromatic N) is 2. The molecule has 0 unspecified atom stereocenters. The fourth-order valence-electron chi connectivity index (χ4n) is 1.59. The first-order valence-corrected chi connectivity index (χ1v) is 7.21. The molecule has 0 aliphatic rings. The molecule has 2 rings (SSSR count). The van der Waals surface area contributed by atoms with Gasteiger partial charge in [0.05, 0.1) is 18.1 Å². The molecular weight excluding hydrogens is 339 g/mol. The highest BCUT2D eigenvalue weighted by molar-refractivity contribution is 9.10. The van der Waals surface area contributed by atoms with Gasteiger partial charge in [0.1, 0.15) is 17.3 Å². The van der Waals surface area contributed by atoms with E-state index >= 15 is 0 Å². The predicted octanol–water partition coefficient (Wildman–Crippen LogP) is 3.45. The van der Waals surface area contributed by atoms with Gasteiger partial charge in [0.25, 0.3) is 5.91 Å². The summed E-state index contributed by atoms with van der Waals surface area (Å²) in [6, 6.07) is 4.40. The van der Waals surface area contributed by atoms with E-state index in [1.54, 1.807) is 6.07 Å². The Balaban J connectivity index is 2.12. The van der Waals surface area contributed by atoms with E-state index < -0.39 is 11.7 Å². The van der Waals surface area contributed by atoms with E-state index in [2.05, 4.69) is 36.5 Å². The Morgan fingerprint density at radius 2 is 2.19 bits per heavy atom. The smallest absolute Gasteiger partial charge is 0.276 e. The summed E-state index contributed by atoms with van der Waals surface area (Å²) >= 11 is 3.16. The van der Waals surface area contributed by atoms with Crippen molar-refractivity contribution >= 4 is 33.3 Å². The van der Waals surface area contributed by atoms with E-state index in [0.29, 0.717) is 10.3 Å². The molecular formula is C14H14BrFN4O. The first-order chi connectivity index (χ1) is 10.1. The van der Waals surface area contributed by atoms with Crippen molar-refractivity contribution in [2.45, 2.75) is 13.3 Å². The number of benzene rings is 1. The quantitative estimate of drug-likeness (QED) is 0.864. The monoisotopic (exact) mass is 352 g/mol. The third-order valence-corrected chi connectivity index (χ3v) is 3.10. The second kappa shape index (κ2) is 7.12. The summed E-state index contributed by atoms with van der Waals surface area (Å²) < 4.78 is 14.3. The predicted molar refractivity (Wildman–Crippen MR) is 82.9 cm³/mol. The molecule has 0 spiro atoms. The van der Waals surface area contributed by atoms with Gasteiger partial charge >= 0.3 is 0 Å². The Morgan fingerprint density at radius 3 is 2.90 bits per heavy atom. The molecule has 0 bridgehead atoms. The molecule has 0 radical (unpaired) electrons. The molecule has 2 N–H and O–H groups in total. The van der Waals surface area contributed by atoms with Crippen LogP contribution in [-0.2, 0) is 0 Å². The summed E-state index contributed by atoms with van der Waals surface area (Å²) in [5.74, 6) is -0.518. The number of anilines is 2. The van der Waals surface area contributed by atoms with Crippen molar-refractivity contribution in [3.63, 3.8) is 0 Å². The largest absolute Gasteiger partial charge is 0.369 e. The van der Waals surface area contributed by atoms with Crippen LogP contribution < -0.4 is 10.6 Å². The van der Waals surface area contributed by atoms with Gasteiger partial charge in [-0.05, 0) is 24.6 Å². The summed E-state index contributed by atoms with van der Waals surface area (Å²) in [6.45, 7) is 2.76. The van der Waals surface area contributed by atoms with Crippen LogP contribution in [0.2, 0.25) is 0 Å². The van der Waals surface area contributed by atoms with Gasteiger partial charge in [-0.3, -0.25) is 9.78 Å². The second-order valence-electron chi connectivity index (χ2n) is 4.29. The highest BCUT2D eigenvalue weighted by atomic mass is 79.9. The number of aromatic nitrogens is 2. The number of carbonyl (C=O) groups excluding carboxylic acids is 1. The van der Waals surface area contributed by atoms with Gasteiger partial charge in [0.2, 0.25) is 0 Å². The Hall–Kier alpha value is -2.02. The van der Waals surface area contributed by atoms with Gasteiger partial charge in [0.15, 0.2) is 0 Å². The van der Waals surface area contributed by atoms with Crippen LogP contribution >= 0.6 is 15.9 Å². The van der Waals surface area contributed by atoms with Crippen LogP contribution in [0.4, 0.5) is 15.9 Å². The number of amides is 1. The zero-order valence-corrected chi connectivity index (χ0v) is 12.9. The van der Waals surface area contributed by atoms with Gasteiger partial charge < -0.3 is 10.6 Å². The van der Waals surface area contributed by atoms with Gasteiger partial charge in [-0.2, -0.15) is 0 Å². The van der Waals surface area contributed by atoms with E-state index in [1.807, 2.05) is 6.92 Å². The summed E-state index contributed by atoms with van der Waals surface area (Å²) in [4.78, 5) is 20.1. The summed E-state index contributed by atoms with van der Waals surface area (Å²) in [6.07, 6.45) is 3.80. The molecule has 1 amide bonds. The Kier molecular flexibility index (Phi) is 5.21. The number of nitrogens with one attached hydrogen (secondary N) is 2. The van der Waals surface area contributed by atoms with Gasteiger partial charge in [-0.25, -0.2) is 9.37 Å². The number of carbonyl (C=O) groups is 1. The fraction of sp³-hybridized carbons (Fsp3) is 0.214. The number of hydrogen-bond donors (Lipinski definition) is 2. The molecule has 0 fully saturated rings. The fourth-order valence-corrected chi connectivity index (χ4v) is 1.92. The zero-order chi connectivity index (χ0) is 15.2. The lowest BCUT2D eigenvalue weighted by atomic mass is 10.3. The van der Waals surface area contributed by atoms with Gasteiger partial charge in [-0.1, -0.05) is 22.9 Å². The average molecular weight is 353 g/mol. The number of halogens is 2. The maximum absolute atomic E-state index is 13.7. The van der Waals surface area contributed by atoms with E-state index in [4.69, 9.17) is 0 Å². The van der Waals surface area contributed by atoms with Crippen LogP contribution in [0.15, 0.2) is 35.1 Å². The molecule has 5 nitrogen and oxygen atoms in total. The molecule has 1 heterocycles. The third kappa shape index (κ3) is 4.22. The first-order valence-electron chi connectivity index (χ1n) is 6.42. The van der Waals surface area contributed by atoms with Gasteiger partial charge in [-0.15, -0.1) is 0 Å². The average Bonchev–Trinajstić information content (AvgIpc) is 2.48. The summed E-state index contributed by atoms with van der Waals surface area (Å²) in [7, 11) is 0. The van der Waals surface area contributed by atoms with Crippen LogP contribution in [-0.4, -0.2) is 22.4 Å². The summed E-state index contributed by atoms with van der Waals surface area (Å²) in [5, 5.41) is 5.51. The Morgan fingerprint density at radius 1 is 1.38 bits per heavy atom. The molecule has 21 heavy (non-hydrogen) atoms. The van der Waals surface area contributed by atoms with Crippen molar-refractivity contribution in [2.24, 2.45) is 0 Å². The van der Waals surface area contributed by atoms with Crippen LogP contribution in [0.3, 0.4) is 0 Å². The molecule has 0 saturated heterocycles. The van der Waals surface area contributed by atoms with Crippen molar-refractivity contribution in [3.8, 4) is 0 Å². The van der Waals surface area contributed by atoms with Crippen LogP contribution in [0.1, 0.15) is 23.8 Å². The van der Waals surface area contributed by atoms with Crippen LogP contribution in [0.25, 0.3) is 0 Å². The lowest BCUT2D eigenvalue weighted by molar-refractivity contribution is 0.102. The number of rotatable bonds is 5. The van der Waals surface area contributed by atoms with Crippen molar-refractivity contribution in [1.82, 2.24) is 9.97 Å². The lowest BCUT2D eigenvalue weighted by Gasteiger charge is -2.08. The molecule has 0 aliphatic carbocycles. The zero-order valence-electron chi connectivity index (χ0n) is 11.4. The van der Waals surface area contributed by atoms with E-state index in [-0.39, 0.29) is 11.4 Å². The third-order valence-electron chi connectivity index (χ3n) is 2.60. The normalized spacial score (nSPS) is 10.2. The van der Waals surface area contributed by atoms with E-state index in [0.717, 1.165) is 13.0 Å². The molecule has 0 atom stereocenters. The molecule has 110 valence electrons. The van der Waals surface area contributed by atoms with E-state index in [9.17, 15) is 9.18 Å². The van der Waals surface area contributed by atoms with Crippen molar-refractivity contribution < 1.29 is 9.18 Å².